The highest BCUT2D eigenvalue weighted by Gasteiger charge is 2.53. The van der Waals surface area contributed by atoms with Gasteiger partial charge < -0.3 is 15.3 Å². The molecule has 1 aliphatic rings. The summed E-state index contributed by atoms with van der Waals surface area (Å²) in [5, 5.41) is 11.5. The molecule has 2 rings (SSSR count). The van der Waals surface area contributed by atoms with E-state index in [1.165, 1.54) is 18.2 Å². The second-order valence-electron chi connectivity index (χ2n) is 6.18. The number of halogens is 4. The molecule has 0 saturated carbocycles. The molecule has 0 unspecified atom stereocenters. The van der Waals surface area contributed by atoms with Crippen LogP contribution >= 0.6 is 0 Å². The molecule has 1 fully saturated rings. The normalized spacial score (nSPS) is 21.9. The molecular weight excluding hydrogens is 344 g/mol. The Kier molecular flexibility index (Phi) is 5.24. The van der Waals surface area contributed by atoms with Crippen molar-refractivity contribution in [3.63, 3.8) is 0 Å². The van der Waals surface area contributed by atoms with E-state index in [1.807, 2.05) is 0 Å². The number of alkyl halides is 3. The fourth-order valence-corrected chi connectivity index (χ4v) is 2.85. The highest BCUT2D eigenvalue weighted by atomic mass is 19.4. The number of nitrogens with zero attached hydrogens (tertiary/aromatic N) is 1. The fourth-order valence-electron chi connectivity index (χ4n) is 2.85. The Labute approximate surface area is 141 Å². The summed E-state index contributed by atoms with van der Waals surface area (Å²) in [5.41, 5.74) is 0.969. The molecule has 5 nitrogen and oxygen atoms in total. The molecule has 0 bridgehead atoms. The number of carbonyl (C=O) groups is 2. The zero-order valence-corrected chi connectivity index (χ0v) is 13.6. The maximum absolute atomic E-state index is 13.3. The maximum Gasteiger partial charge on any atom is 0.394 e. The van der Waals surface area contributed by atoms with Gasteiger partial charge in [0.25, 0.3) is 0 Å². The van der Waals surface area contributed by atoms with Crippen molar-refractivity contribution in [2.24, 2.45) is 11.8 Å². The van der Waals surface area contributed by atoms with Crippen LogP contribution in [0.4, 0.5) is 22.4 Å². The first kappa shape index (κ1) is 19.0. The number of aryl methyl sites for hydroxylation is 1. The van der Waals surface area contributed by atoms with Crippen molar-refractivity contribution in [3.8, 4) is 0 Å². The summed E-state index contributed by atoms with van der Waals surface area (Å²) >= 11 is 0. The lowest BCUT2D eigenvalue weighted by Gasteiger charge is -2.22. The molecule has 25 heavy (non-hydrogen) atoms. The predicted molar refractivity (Wildman–Crippen MR) is 80.3 cm³/mol. The molecule has 1 aromatic carbocycles. The van der Waals surface area contributed by atoms with Gasteiger partial charge >= 0.3 is 18.2 Å². The first-order valence-corrected chi connectivity index (χ1v) is 7.61. The maximum atomic E-state index is 13.3. The Morgan fingerprint density at radius 1 is 1.32 bits per heavy atom. The van der Waals surface area contributed by atoms with Crippen LogP contribution in [-0.2, 0) is 4.79 Å². The summed E-state index contributed by atoms with van der Waals surface area (Å²) in [5.74, 6) is -5.77. The van der Waals surface area contributed by atoms with Crippen LogP contribution in [0.1, 0.15) is 24.1 Å². The quantitative estimate of drug-likeness (QED) is 0.812. The molecule has 1 saturated heterocycles. The van der Waals surface area contributed by atoms with E-state index in [9.17, 15) is 27.2 Å². The minimum atomic E-state index is -4.70. The van der Waals surface area contributed by atoms with Gasteiger partial charge in [0.1, 0.15) is 5.82 Å². The molecule has 0 aromatic heterocycles. The Hall–Kier alpha value is -2.32. The molecule has 2 amide bonds. The predicted octanol–water partition coefficient (Wildman–Crippen LogP) is 3.10. The first-order chi connectivity index (χ1) is 11.5. The summed E-state index contributed by atoms with van der Waals surface area (Å²) in [4.78, 5) is 24.1. The van der Waals surface area contributed by atoms with Crippen molar-refractivity contribution in [1.29, 1.82) is 0 Å². The Balaban J connectivity index is 2.07. The molecule has 3 atom stereocenters. The molecule has 1 heterocycles. The van der Waals surface area contributed by atoms with E-state index >= 15 is 0 Å². The van der Waals surface area contributed by atoms with Gasteiger partial charge in [-0.2, -0.15) is 13.2 Å². The number of amides is 2. The van der Waals surface area contributed by atoms with Gasteiger partial charge in [-0.25, -0.2) is 9.18 Å². The van der Waals surface area contributed by atoms with E-state index in [-0.39, 0.29) is 0 Å². The zero-order chi connectivity index (χ0) is 18.9. The first-order valence-electron chi connectivity index (χ1n) is 7.61. The van der Waals surface area contributed by atoms with Crippen molar-refractivity contribution in [3.05, 3.63) is 35.1 Å². The van der Waals surface area contributed by atoms with E-state index in [1.54, 1.807) is 13.8 Å². The molecule has 9 heteroatoms. The van der Waals surface area contributed by atoms with Gasteiger partial charge in [0.05, 0.1) is 17.9 Å². The smallest absolute Gasteiger partial charge is 0.394 e. The minimum absolute atomic E-state index is 0.378. The van der Waals surface area contributed by atoms with Crippen LogP contribution in [0.25, 0.3) is 0 Å². The van der Waals surface area contributed by atoms with Crippen molar-refractivity contribution < 1.29 is 32.3 Å². The molecule has 0 radical (unpaired) electrons. The van der Waals surface area contributed by atoms with Crippen LogP contribution in [0.15, 0.2) is 18.2 Å². The summed E-state index contributed by atoms with van der Waals surface area (Å²) in [6, 6.07) is 2.88. The Bertz CT molecular complexity index is 678. The molecule has 0 spiro atoms. The highest BCUT2D eigenvalue weighted by Crippen LogP contribution is 2.37. The number of carboxylic acids is 1. The van der Waals surface area contributed by atoms with E-state index in [4.69, 9.17) is 5.11 Å². The highest BCUT2D eigenvalue weighted by molar-refractivity contribution is 5.78. The van der Waals surface area contributed by atoms with Gasteiger partial charge in [0, 0.05) is 13.1 Å². The average Bonchev–Trinajstić information content (AvgIpc) is 2.95. The molecular formula is C16H18F4N2O3. The summed E-state index contributed by atoms with van der Waals surface area (Å²) in [7, 11) is 0. The fraction of sp³-hybridized carbons (Fsp3) is 0.500. The number of carbonyl (C=O) groups excluding carboxylic acids is 1. The van der Waals surface area contributed by atoms with E-state index in [2.05, 4.69) is 5.32 Å². The third kappa shape index (κ3) is 4.21. The largest absolute Gasteiger partial charge is 0.481 e. The summed E-state index contributed by atoms with van der Waals surface area (Å²) in [6.07, 6.45) is -4.70. The average molecular weight is 362 g/mol. The van der Waals surface area contributed by atoms with Crippen molar-refractivity contribution >= 4 is 12.0 Å². The van der Waals surface area contributed by atoms with Crippen molar-refractivity contribution in [2.45, 2.75) is 26.1 Å². The lowest BCUT2D eigenvalue weighted by atomic mass is 9.96. The second kappa shape index (κ2) is 6.89. The summed E-state index contributed by atoms with van der Waals surface area (Å²) < 4.78 is 52.2. The van der Waals surface area contributed by atoms with Crippen molar-refractivity contribution in [2.75, 3.05) is 13.1 Å². The standard InChI is InChI=1S/C16H18F4N2O3/c1-8-5-10(3-4-13(8)17)9(2)21-15(25)22-6-11(14(23)24)12(7-22)16(18,19)20/h3-5,9,11-12H,6-7H2,1-2H3,(H,21,25)(H,23,24)/t9-,11-,12-/m1/s1. The van der Waals surface area contributed by atoms with Gasteiger partial charge in [-0.05, 0) is 31.0 Å². The van der Waals surface area contributed by atoms with Gasteiger partial charge in [-0.15, -0.1) is 0 Å². The second-order valence-corrected chi connectivity index (χ2v) is 6.18. The van der Waals surface area contributed by atoms with E-state index in [0.717, 1.165) is 4.90 Å². The number of carboxylic acid groups (broad SMARTS) is 1. The van der Waals surface area contributed by atoms with Crippen LogP contribution < -0.4 is 5.32 Å². The van der Waals surface area contributed by atoms with E-state index < -0.39 is 55.0 Å². The van der Waals surface area contributed by atoms with E-state index in [0.29, 0.717) is 11.1 Å². The summed E-state index contributed by atoms with van der Waals surface area (Å²) in [6.45, 7) is 1.94. The number of nitrogens with one attached hydrogen (secondary N) is 1. The molecule has 1 aliphatic heterocycles. The SMILES string of the molecule is Cc1cc([C@@H](C)NC(=O)N2C[C@@H](C(F)(F)F)[C@H](C(=O)O)C2)ccc1F. The Morgan fingerprint density at radius 3 is 2.44 bits per heavy atom. The van der Waals surface area contributed by atoms with Crippen LogP contribution in [0.5, 0.6) is 0 Å². The van der Waals surface area contributed by atoms with Gasteiger partial charge in [-0.3, -0.25) is 4.79 Å². The number of hydrogen-bond donors (Lipinski definition) is 2. The topological polar surface area (TPSA) is 69.6 Å². The van der Waals surface area contributed by atoms with Gasteiger partial charge in [0.2, 0.25) is 0 Å². The molecule has 2 N–H and O–H groups in total. The molecule has 1 aromatic rings. The number of aliphatic carboxylic acids is 1. The number of rotatable bonds is 3. The lowest BCUT2D eigenvalue weighted by Crippen LogP contribution is -2.40. The third-order valence-corrected chi connectivity index (χ3v) is 4.37. The zero-order valence-electron chi connectivity index (χ0n) is 13.6. The van der Waals surface area contributed by atoms with Crippen LogP contribution in [0, 0.1) is 24.6 Å². The van der Waals surface area contributed by atoms with Gasteiger partial charge in [0.15, 0.2) is 0 Å². The monoisotopic (exact) mass is 362 g/mol. The number of likely N-dealkylation sites (tertiary alicyclic amines) is 1. The van der Waals surface area contributed by atoms with Gasteiger partial charge in [-0.1, -0.05) is 12.1 Å². The van der Waals surface area contributed by atoms with Crippen molar-refractivity contribution in [1.82, 2.24) is 10.2 Å². The number of benzene rings is 1. The van der Waals surface area contributed by atoms with Crippen LogP contribution in [0.2, 0.25) is 0 Å². The molecule has 138 valence electrons. The third-order valence-electron chi connectivity index (χ3n) is 4.37. The molecule has 0 aliphatic carbocycles. The Morgan fingerprint density at radius 2 is 1.96 bits per heavy atom. The van der Waals surface area contributed by atoms with Crippen LogP contribution in [-0.4, -0.2) is 41.3 Å². The van der Waals surface area contributed by atoms with Crippen LogP contribution in [0.3, 0.4) is 0 Å². The number of hydrogen-bond acceptors (Lipinski definition) is 2. The number of urea groups is 1. The lowest BCUT2D eigenvalue weighted by molar-refractivity contribution is -0.187. The minimum Gasteiger partial charge on any atom is -0.481 e.